The molecule has 2 N–H and O–H groups in total. The third-order valence-electron chi connectivity index (χ3n) is 2.39. The molecular formula is C14H13Cl2NOS. The molecule has 2 aromatic carbocycles. The number of ether oxygens (including phenoxy) is 1. The molecule has 0 unspecified atom stereocenters. The number of hydrogen-bond donors (Lipinski definition) is 1. The van der Waals surface area contributed by atoms with Gasteiger partial charge in [0.2, 0.25) is 0 Å². The number of halogens is 2. The number of nitrogens with two attached hydrogens (primary N) is 1. The van der Waals surface area contributed by atoms with E-state index < -0.39 is 0 Å². The molecule has 0 bridgehead atoms. The zero-order chi connectivity index (χ0) is 13.7. The van der Waals surface area contributed by atoms with E-state index in [-0.39, 0.29) is 0 Å². The monoisotopic (exact) mass is 313 g/mol. The Hall–Kier alpha value is -1.03. The van der Waals surface area contributed by atoms with Crippen molar-refractivity contribution in [2.75, 3.05) is 18.1 Å². The van der Waals surface area contributed by atoms with Crippen molar-refractivity contribution in [3.05, 3.63) is 52.5 Å². The Balaban J connectivity index is 1.84. The second-order valence-electron chi connectivity index (χ2n) is 3.81. The summed E-state index contributed by atoms with van der Waals surface area (Å²) in [7, 11) is 0. The second kappa shape index (κ2) is 6.94. The maximum Gasteiger partial charge on any atom is 0.120 e. The van der Waals surface area contributed by atoms with Crippen LogP contribution in [-0.4, -0.2) is 12.4 Å². The van der Waals surface area contributed by atoms with E-state index in [9.17, 15) is 0 Å². The molecule has 100 valence electrons. The number of thioether (sulfide) groups is 1. The minimum atomic E-state index is 0.565. The minimum Gasteiger partial charge on any atom is -0.493 e. The van der Waals surface area contributed by atoms with Crippen LogP contribution in [0.4, 0.5) is 5.69 Å². The Bertz CT molecular complexity index is 543. The van der Waals surface area contributed by atoms with Gasteiger partial charge in [0.15, 0.2) is 0 Å². The molecule has 0 fully saturated rings. The molecule has 0 heterocycles. The molecule has 0 saturated heterocycles. The topological polar surface area (TPSA) is 35.2 Å². The summed E-state index contributed by atoms with van der Waals surface area (Å²) in [5.41, 5.74) is 6.57. The predicted molar refractivity (Wildman–Crippen MR) is 83.5 cm³/mol. The van der Waals surface area contributed by atoms with Gasteiger partial charge in [-0.25, -0.2) is 0 Å². The van der Waals surface area contributed by atoms with E-state index in [1.807, 2.05) is 36.4 Å². The normalized spacial score (nSPS) is 10.4. The van der Waals surface area contributed by atoms with Crippen LogP contribution < -0.4 is 10.5 Å². The number of hydrogen-bond acceptors (Lipinski definition) is 3. The highest BCUT2D eigenvalue weighted by Gasteiger charge is 2.05. The van der Waals surface area contributed by atoms with Gasteiger partial charge in [-0.1, -0.05) is 35.3 Å². The SMILES string of the molecule is Nc1cccc(Cl)c1SCCOc1cccc(Cl)c1. The Morgan fingerprint density at radius 3 is 2.63 bits per heavy atom. The predicted octanol–water partition coefficient (Wildman–Crippen LogP) is 4.75. The fraction of sp³-hybridized carbons (Fsp3) is 0.143. The second-order valence-corrected chi connectivity index (χ2v) is 5.76. The summed E-state index contributed by atoms with van der Waals surface area (Å²) in [4.78, 5) is 0.902. The van der Waals surface area contributed by atoms with Crippen LogP contribution in [0, 0.1) is 0 Å². The van der Waals surface area contributed by atoms with Crippen LogP contribution in [-0.2, 0) is 0 Å². The van der Waals surface area contributed by atoms with E-state index in [4.69, 9.17) is 33.7 Å². The van der Waals surface area contributed by atoms with Gasteiger partial charge in [-0.2, -0.15) is 0 Å². The maximum atomic E-state index is 6.09. The van der Waals surface area contributed by atoms with Gasteiger partial charge in [-0.15, -0.1) is 11.8 Å². The van der Waals surface area contributed by atoms with Gasteiger partial charge in [0.1, 0.15) is 5.75 Å². The Labute approximate surface area is 126 Å². The number of rotatable bonds is 5. The van der Waals surface area contributed by atoms with E-state index in [1.54, 1.807) is 17.8 Å². The smallest absolute Gasteiger partial charge is 0.120 e. The Kier molecular flexibility index (Phi) is 5.25. The number of benzene rings is 2. The Morgan fingerprint density at radius 2 is 1.89 bits per heavy atom. The standard InChI is InChI=1S/C14H13Cl2NOS/c15-10-3-1-4-11(9-10)18-7-8-19-14-12(16)5-2-6-13(14)17/h1-6,9H,7-8,17H2. The number of nitrogen functional groups attached to an aromatic ring is 1. The highest BCUT2D eigenvalue weighted by molar-refractivity contribution is 7.99. The van der Waals surface area contributed by atoms with Crippen molar-refractivity contribution < 1.29 is 4.74 Å². The molecule has 0 spiro atoms. The fourth-order valence-corrected chi connectivity index (χ4v) is 2.88. The summed E-state index contributed by atoms with van der Waals surface area (Å²) < 4.78 is 5.60. The summed E-state index contributed by atoms with van der Waals surface area (Å²) in [5.74, 6) is 1.53. The molecule has 0 atom stereocenters. The van der Waals surface area contributed by atoms with Crippen molar-refractivity contribution in [1.29, 1.82) is 0 Å². The molecule has 0 aliphatic carbocycles. The summed E-state index contributed by atoms with van der Waals surface area (Å²) in [6, 6.07) is 12.8. The van der Waals surface area contributed by atoms with Gasteiger partial charge < -0.3 is 10.5 Å². The first-order chi connectivity index (χ1) is 9.16. The number of anilines is 1. The van der Waals surface area contributed by atoms with Crippen molar-refractivity contribution in [2.24, 2.45) is 0 Å². The summed E-state index contributed by atoms with van der Waals surface area (Å²) in [6.45, 7) is 0.565. The van der Waals surface area contributed by atoms with Crippen molar-refractivity contribution in [1.82, 2.24) is 0 Å². The lowest BCUT2D eigenvalue weighted by Crippen LogP contribution is -2.00. The van der Waals surface area contributed by atoms with Crippen LogP contribution in [0.1, 0.15) is 0 Å². The quantitative estimate of drug-likeness (QED) is 0.491. The highest BCUT2D eigenvalue weighted by atomic mass is 35.5. The molecule has 0 amide bonds. The molecule has 0 aliphatic rings. The van der Waals surface area contributed by atoms with E-state index in [1.165, 1.54) is 0 Å². The Morgan fingerprint density at radius 1 is 1.11 bits per heavy atom. The molecule has 5 heteroatoms. The molecule has 0 saturated carbocycles. The summed E-state index contributed by atoms with van der Waals surface area (Å²) in [6.07, 6.45) is 0. The highest BCUT2D eigenvalue weighted by Crippen LogP contribution is 2.32. The van der Waals surface area contributed by atoms with Crippen LogP contribution >= 0.6 is 35.0 Å². The van der Waals surface area contributed by atoms with Crippen LogP contribution in [0.5, 0.6) is 5.75 Å². The first kappa shape index (κ1) is 14.4. The van der Waals surface area contributed by atoms with Crippen LogP contribution in [0.25, 0.3) is 0 Å². The maximum absolute atomic E-state index is 6.09. The fourth-order valence-electron chi connectivity index (χ4n) is 1.54. The lowest BCUT2D eigenvalue weighted by atomic mass is 10.3. The zero-order valence-electron chi connectivity index (χ0n) is 10.1. The van der Waals surface area contributed by atoms with Crippen LogP contribution in [0.2, 0.25) is 10.0 Å². The summed E-state index contributed by atoms with van der Waals surface area (Å²) >= 11 is 13.5. The van der Waals surface area contributed by atoms with Crippen molar-refractivity contribution >= 4 is 40.7 Å². The first-order valence-corrected chi connectivity index (χ1v) is 7.46. The van der Waals surface area contributed by atoms with Crippen LogP contribution in [0.3, 0.4) is 0 Å². The average Bonchev–Trinajstić information content (AvgIpc) is 2.37. The molecular weight excluding hydrogens is 301 g/mol. The van der Waals surface area contributed by atoms with Gasteiger partial charge in [0.25, 0.3) is 0 Å². The van der Waals surface area contributed by atoms with Crippen molar-refractivity contribution in [3.63, 3.8) is 0 Å². The molecule has 2 rings (SSSR count). The van der Waals surface area contributed by atoms with Crippen molar-refractivity contribution in [2.45, 2.75) is 4.90 Å². The summed E-state index contributed by atoms with van der Waals surface area (Å²) in [5, 5.41) is 1.34. The van der Waals surface area contributed by atoms with Gasteiger partial charge in [0.05, 0.1) is 11.6 Å². The zero-order valence-corrected chi connectivity index (χ0v) is 12.4. The molecule has 0 aromatic heterocycles. The average molecular weight is 314 g/mol. The molecule has 0 radical (unpaired) electrons. The third-order valence-corrected chi connectivity index (χ3v) is 4.17. The largest absolute Gasteiger partial charge is 0.493 e. The van der Waals surface area contributed by atoms with E-state index in [0.717, 1.165) is 16.4 Å². The molecule has 2 aromatic rings. The van der Waals surface area contributed by atoms with E-state index >= 15 is 0 Å². The molecule has 2 nitrogen and oxygen atoms in total. The first-order valence-electron chi connectivity index (χ1n) is 5.72. The molecule has 19 heavy (non-hydrogen) atoms. The van der Waals surface area contributed by atoms with E-state index in [0.29, 0.717) is 22.3 Å². The lowest BCUT2D eigenvalue weighted by molar-refractivity contribution is 0.344. The van der Waals surface area contributed by atoms with E-state index in [2.05, 4.69) is 0 Å². The minimum absolute atomic E-state index is 0.565. The molecule has 0 aliphatic heterocycles. The van der Waals surface area contributed by atoms with Crippen molar-refractivity contribution in [3.8, 4) is 5.75 Å². The van der Waals surface area contributed by atoms with Gasteiger partial charge in [-0.3, -0.25) is 0 Å². The van der Waals surface area contributed by atoms with Gasteiger partial charge >= 0.3 is 0 Å². The van der Waals surface area contributed by atoms with Crippen LogP contribution in [0.15, 0.2) is 47.4 Å². The van der Waals surface area contributed by atoms with Gasteiger partial charge in [0, 0.05) is 21.4 Å². The van der Waals surface area contributed by atoms with Gasteiger partial charge in [-0.05, 0) is 30.3 Å². The third kappa shape index (κ3) is 4.23. The lowest BCUT2D eigenvalue weighted by Gasteiger charge is -2.09.